The molecule has 0 aliphatic heterocycles. The zero-order valence-corrected chi connectivity index (χ0v) is 55.3. The molecule has 0 bridgehead atoms. The lowest BCUT2D eigenvalue weighted by Gasteiger charge is -2.24. The molecule has 3 aliphatic carbocycles. The van der Waals surface area contributed by atoms with E-state index >= 15 is 0 Å². The van der Waals surface area contributed by atoms with Gasteiger partial charge in [0.2, 0.25) is 17.1 Å². The number of fused-ring (bicyclic) bond motifs is 9. The van der Waals surface area contributed by atoms with E-state index in [-0.39, 0.29) is 22.1 Å². The third-order valence-corrected chi connectivity index (χ3v) is 19.7. The number of aryl methyl sites for hydroxylation is 9. The zero-order chi connectivity index (χ0) is 64.0. The summed E-state index contributed by atoms with van der Waals surface area (Å²) in [6.07, 6.45) is 12.4. The first-order valence-electron chi connectivity index (χ1n) is 31.8. The van der Waals surface area contributed by atoms with Crippen LogP contribution in [0.5, 0.6) is 0 Å². The van der Waals surface area contributed by atoms with Gasteiger partial charge >= 0.3 is 0 Å². The predicted octanol–water partition coefficient (Wildman–Crippen LogP) is 18.6. The maximum absolute atomic E-state index is 13.4. The van der Waals surface area contributed by atoms with E-state index in [1.807, 2.05) is 48.9 Å². The third-order valence-electron chi connectivity index (χ3n) is 19.7. The summed E-state index contributed by atoms with van der Waals surface area (Å²) in [5.41, 5.74) is 37.2. The van der Waals surface area contributed by atoms with E-state index in [4.69, 9.17) is 15.0 Å². The van der Waals surface area contributed by atoms with E-state index in [1.165, 1.54) is 163 Å². The van der Waals surface area contributed by atoms with Crippen molar-refractivity contribution in [3.05, 3.63) is 286 Å². The van der Waals surface area contributed by atoms with E-state index in [0.29, 0.717) is 0 Å². The zero-order valence-electron chi connectivity index (χ0n) is 55.3. The molecule has 0 unspecified atom stereocenters. The van der Waals surface area contributed by atoms with Crippen molar-refractivity contribution in [2.24, 2.45) is 21.1 Å². The maximum Gasteiger partial charge on any atom is 0.213 e. The van der Waals surface area contributed by atoms with Gasteiger partial charge in [-0.1, -0.05) is 169 Å². The lowest BCUT2D eigenvalue weighted by molar-refractivity contribution is -0.660. The van der Waals surface area contributed by atoms with Crippen LogP contribution >= 0.6 is 0 Å². The van der Waals surface area contributed by atoms with Crippen molar-refractivity contribution in [3.63, 3.8) is 0 Å². The van der Waals surface area contributed by atoms with E-state index < -0.39 is 0 Å². The summed E-state index contributed by atoms with van der Waals surface area (Å²) in [5, 5.41) is 0. The predicted molar refractivity (Wildman–Crippen MR) is 370 cm³/mol. The number of pyridine rings is 6. The van der Waals surface area contributed by atoms with Gasteiger partial charge in [0.05, 0.1) is 33.8 Å². The highest BCUT2D eigenvalue weighted by molar-refractivity contribution is 5.91. The lowest BCUT2D eigenvalue weighted by Crippen LogP contribution is -2.32. The van der Waals surface area contributed by atoms with Crippen LogP contribution in [-0.4, -0.2) is 15.0 Å². The van der Waals surface area contributed by atoms with E-state index in [1.54, 1.807) is 0 Å². The maximum atomic E-state index is 13.4. The van der Waals surface area contributed by atoms with Crippen LogP contribution in [0.2, 0.25) is 0 Å². The number of benzene rings is 6. The van der Waals surface area contributed by atoms with Gasteiger partial charge in [0.1, 0.15) is 27.0 Å². The van der Waals surface area contributed by atoms with Crippen molar-refractivity contribution in [1.29, 1.82) is 0 Å². The Morgan fingerprint density at radius 2 is 0.582 bits per heavy atom. The van der Waals surface area contributed by atoms with Gasteiger partial charge in [-0.05, 0) is 155 Å². The summed E-state index contributed by atoms with van der Waals surface area (Å²) in [6.45, 7) is 27.0. The van der Waals surface area contributed by atoms with Gasteiger partial charge in [-0.3, -0.25) is 15.0 Å². The fraction of sp³-hybridized carbons (Fsp3) is 0.214. The Balaban J connectivity index is 0.000000125. The Labute approximate surface area is 537 Å². The van der Waals surface area contributed by atoms with E-state index in [9.17, 15) is 4.39 Å². The molecule has 3 aliphatic rings. The molecule has 0 fully saturated rings. The average Bonchev–Trinajstić information content (AvgIpc) is 1.59. The Morgan fingerprint density at radius 3 is 0.879 bits per heavy atom. The van der Waals surface area contributed by atoms with Crippen LogP contribution in [0.15, 0.2) is 213 Å². The quantitative estimate of drug-likeness (QED) is 0.156. The SMILES string of the molecule is Cc1cc(-c2c(C)ccc3c2C(C)(C)c2ncccc2-3)[n+](C)cc1-c1ccc(F)cc1.Cc1cc(-c2c(C)ccc3c2C(C)(C)c2ncccc2-3)[n+](C)cc1-c1ccccc1.Cc1cc(-c2c(C)ccc3c2C(C)(C)c2ncccc2-3)[n+](C)cc1-c1ccccc1. The summed E-state index contributed by atoms with van der Waals surface area (Å²) >= 11 is 0. The second-order valence-corrected chi connectivity index (χ2v) is 27.0. The normalized spacial score (nSPS) is 13.8. The smallest absolute Gasteiger partial charge is 0.213 e. The second kappa shape index (κ2) is 22.9. The molecule has 7 heteroatoms. The topological polar surface area (TPSA) is 50.3 Å². The molecule has 0 saturated heterocycles. The van der Waals surface area contributed by atoms with Crippen LogP contribution in [0.1, 0.15) is 109 Å². The molecule has 6 heterocycles. The molecule has 6 aromatic heterocycles. The van der Waals surface area contributed by atoms with Crippen LogP contribution in [0, 0.1) is 47.4 Å². The molecule has 91 heavy (non-hydrogen) atoms. The standard InChI is InChI=1S/C28H26FN2.2C28H27N2/c1-17-8-13-21-22-7-6-14-30-27(22)28(3,4)26(21)25(17)24-15-18(2)23(16-31(24)5)19-9-11-20(29)12-10-19;2*1-18-13-14-21-22-12-9-15-29-27(22)28(3,4)26(21)25(18)24-16-19(2)23(17-30(24)5)20-10-7-6-8-11-20/h6-16H,1-5H3;2*6-17H,1-5H3/q3*+1. The minimum atomic E-state index is -0.215. The van der Waals surface area contributed by atoms with Crippen molar-refractivity contribution in [2.75, 3.05) is 0 Å². The number of aromatic nitrogens is 6. The summed E-state index contributed by atoms with van der Waals surface area (Å²) in [7, 11) is 6.41. The molecule has 0 radical (unpaired) electrons. The third kappa shape index (κ3) is 10.1. The van der Waals surface area contributed by atoms with Crippen molar-refractivity contribution in [3.8, 4) is 101 Å². The van der Waals surface area contributed by atoms with Crippen molar-refractivity contribution in [2.45, 2.75) is 99.3 Å². The van der Waals surface area contributed by atoms with Gasteiger partial charge in [-0.25, -0.2) is 18.1 Å². The van der Waals surface area contributed by atoms with E-state index in [2.05, 4.69) is 270 Å². The number of hydrogen-bond acceptors (Lipinski definition) is 3. The number of nitrogens with zero attached hydrogens (tertiary/aromatic N) is 6. The molecule has 450 valence electrons. The molecule has 0 saturated carbocycles. The molecule has 0 spiro atoms. The van der Waals surface area contributed by atoms with Gasteiger partial charge in [-0.15, -0.1) is 0 Å². The van der Waals surface area contributed by atoms with Gasteiger partial charge in [0, 0.05) is 86.4 Å². The lowest BCUT2D eigenvalue weighted by atomic mass is 9.80. The minimum Gasteiger partial charge on any atom is -0.260 e. The largest absolute Gasteiger partial charge is 0.260 e. The highest BCUT2D eigenvalue weighted by Gasteiger charge is 2.44. The van der Waals surface area contributed by atoms with E-state index in [0.717, 1.165) is 16.8 Å². The number of rotatable bonds is 6. The monoisotopic (exact) mass is 1190 g/mol. The Hall–Kier alpha value is -9.85. The number of halogens is 1. The van der Waals surface area contributed by atoms with Gasteiger partial charge in [-0.2, -0.15) is 0 Å². The van der Waals surface area contributed by atoms with Crippen molar-refractivity contribution in [1.82, 2.24) is 15.0 Å². The Bertz CT molecular complexity index is 4680. The van der Waals surface area contributed by atoms with Gasteiger partial charge < -0.3 is 0 Å². The fourth-order valence-corrected chi connectivity index (χ4v) is 15.2. The highest BCUT2D eigenvalue weighted by atomic mass is 19.1. The summed E-state index contributed by atoms with van der Waals surface area (Å²) in [4.78, 5) is 14.3. The Morgan fingerprint density at radius 1 is 0.297 bits per heavy atom. The molecule has 6 nitrogen and oxygen atoms in total. The van der Waals surface area contributed by atoms with Crippen molar-refractivity contribution >= 4 is 0 Å². The molecule has 12 aromatic rings. The van der Waals surface area contributed by atoms with Crippen LogP contribution in [0.3, 0.4) is 0 Å². The molecule has 0 N–H and O–H groups in total. The van der Waals surface area contributed by atoms with Crippen LogP contribution in [0.25, 0.3) is 101 Å². The second-order valence-electron chi connectivity index (χ2n) is 27.0. The number of hydrogen-bond donors (Lipinski definition) is 0. The van der Waals surface area contributed by atoms with Crippen LogP contribution < -0.4 is 13.7 Å². The first kappa shape index (κ1) is 60.1. The van der Waals surface area contributed by atoms with Crippen molar-refractivity contribution < 1.29 is 18.1 Å². The first-order valence-corrected chi connectivity index (χ1v) is 31.8. The molecule has 0 atom stereocenters. The summed E-state index contributed by atoms with van der Waals surface area (Å²) in [5.74, 6) is -0.215. The van der Waals surface area contributed by atoms with Crippen LogP contribution in [0.4, 0.5) is 4.39 Å². The first-order chi connectivity index (χ1) is 43.6. The Kier molecular flexibility index (Phi) is 15.1. The van der Waals surface area contributed by atoms with Gasteiger partial charge in [0.15, 0.2) is 18.6 Å². The highest BCUT2D eigenvalue weighted by Crippen LogP contribution is 2.55. The molecule has 6 aromatic carbocycles. The molecular weight excluding hydrogens is 1110 g/mol. The van der Waals surface area contributed by atoms with Crippen LogP contribution in [-0.2, 0) is 37.4 Å². The summed E-state index contributed by atoms with van der Waals surface area (Å²) < 4.78 is 20.2. The summed E-state index contributed by atoms with van der Waals surface area (Å²) in [6, 6.07) is 61.1. The minimum absolute atomic E-state index is 0.133. The molecule has 15 rings (SSSR count). The molecular formula is C84H80FN6+3. The average molecular weight is 1190 g/mol. The molecule has 0 amide bonds. The van der Waals surface area contributed by atoms with Gasteiger partial charge in [0.25, 0.3) is 0 Å². The fourth-order valence-electron chi connectivity index (χ4n) is 15.2.